The van der Waals surface area contributed by atoms with Gasteiger partial charge in [-0.25, -0.2) is 0 Å². The molecule has 0 aromatic rings. The molecule has 78 valence electrons. The molecule has 0 amide bonds. The third kappa shape index (κ3) is 2.64. The van der Waals surface area contributed by atoms with Gasteiger partial charge in [0.2, 0.25) is 0 Å². The van der Waals surface area contributed by atoms with E-state index < -0.39 is 5.60 Å². The molecule has 1 aliphatic heterocycles. The second-order valence-corrected chi connectivity index (χ2v) is 3.97. The first-order valence-corrected chi connectivity index (χ1v) is 4.74. The van der Waals surface area contributed by atoms with Crippen LogP contribution < -0.4 is 5.73 Å². The Morgan fingerprint density at radius 1 is 1.69 bits per heavy atom. The molecule has 0 aromatic heterocycles. The monoisotopic (exact) mass is 188 g/mol. The first kappa shape index (κ1) is 10.9. The van der Waals surface area contributed by atoms with Crippen molar-refractivity contribution in [1.82, 2.24) is 4.90 Å². The van der Waals surface area contributed by atoms with Gasteiger partial charge in [0, 0.05) is 39.3 Å². The molecule has 1 heterocycles. The average molecular weight is 188 g/mol. The number of ether oxygens (including phenoxy) is 1. The molecule has 0 radical (unpaired) electrons. The van der Waals surface area contributed by atoms with Crippen molar-refractivity contribution < 1.29 is 9.84 Å². The summed E-state index contributed by atoms with van der Waals surface area (Å²) in [6, 6.07) is -0.151. The fourth-order valence-corrected chi connectivity index (χ4v) is 1.76. The zero-order chi connectivity index (χ0) is 9.90. The molecule has 4 heteroatoms. The van der Waals surface area contributed by atoms with Crippen LogP contribution in [0.25, 0.3) is 0 Å². The summed E-state index contributed by atoms with van der Waals surface area (Å²) in [7, 11) is 3.67. The normalized spacial score (nSPS) is 36.5. The molecule has 13 heavy (non-hydrogen) atoms. The van der Waals surface area contributed by atoms with Crippen molar-refractivity contribution in [2.45, 2.75) is 24.5 Å². The number of nitrogens with two attached hydrogens (primary N) is 1. The molecule has 0 saturated carbocycles. The Balaban J connectivity index is 2.46. The van der Waals surface area contributed by atoms with Crippen molar-refractivity contribution in [3.8, 4) is 0 Å². The van der Waals surface area contributed by atoms with Crippen molar-refractivity contribution in [1.29, 1.82) is 0 Å². The quantitative estimate of drug-likeness (QED) is 0.622. The minimum absolute atomic E-state index is 0.151. The second-order valence-electron chi connectivity index (χ2n) is 3.97. The van der Waals surface area contributed by atoms with Gasteiger partial charge in [0.25, 0.3) is 0 Å². The predicted molar refractivity (Wildman–Crippen MR) is 51.5 cm³/mol. The molecule has 1 rings (SSSR count). The zero-order valence-electron chi connectivity index (χ0n) is 8.49. The van der Waals surface area contributed by atoms with Crippen LogP contribution in [0.4, 0.5) is 0 Å². The van der Waals surface area contributed by atoms with Crippen LogP contribution in [0.15, 0.2) is 0 Å². The third-order valence-corrected chi connectivity index (χ3v) is 2.86. The molecule has 0 bridgehead atoms. The third-order valence-electron chi connectivity index (χ3n) is 2.86. The SMILES string of the molecule is COCCC1(O)CCN(C)CC1N. The van der Waals surface area contributed by atoms with Gasteiger partial charge in [0.1, 0.15) is 0 Å². The smallest absolute Gasteiger partial charge is 0.0844 e. The number of aliphatic hydroxyl groups is 1. The van der Waals surface area contributed by atoms with E-state index in [-0.39, 0.29) is 6.04 Å². The number of piperidine rings is 1. The van der Waals surface area contributed by atoms with E-state index in [1.165, 1.54) is 0 Å². The number of hydrogen-bond acceptors (Lipinski definition) is 4. The molecule has 3 N–H and O–H groups in total. The molecule has 0 aromatic carbocycles. The maximum absolute atomic E-state index is 10.2. The van der Waals surface area contributed by atoms with Crippen molar-refractivity contribution in [2.75, 3.05) is 33.9 Å². The number of hydrogen-bond donors (Lipinski definition) is 2. The fraction of sp³-hybridized carbons (Fsp3) is 1.00. The minimum atomic E-state index is -0.720. The molecular formula is C9H20N2O2. The molecule has 1 aliphatic rings. The van der Waals surface area contributed by atoms with Gasteiger partial charge in [0.15, 0.2) is 0 Å². The van der Waals surface area contributed by atoms with Gasteiger partial charge < -0.3 is 20.5 Å². The number of nitrogens with zero attached hydrogens (tertiary/aromatic N) is 1. The minimum Gasteiger partial charge on any atom is -0.388 e. The highest BCUT2D eigenvalue weighted by molar-refractivity contribution is 4.95. The van der Waals surface area contributed by atoms with E-state index in [0.717, 1.165) is 19.5 Å². The lowest BCUT2D eigenvalue weighted by molar-refractivity contribution is -0.0526. The zero-order valence-corrected chi connectivity index (χ0v) is 8.49. The van der Waals surface area contributed by atoms with E-state index in [1.807, 2.05) is 7.05 Å². The summed E-state index contributed by atoms with van der Waals surface area (Å²) in [5, 5.41) is 10.2. The Morgan fingerprint density at radius 2 is 2.38 bits per heavy atom. The van der Waals surface area contributed by atoms with E-state index in [1.54, 1.807) is 7.11 Å². The number of rotatable bonds is 3. The molecule has 0 spiro atoms. The average Bonchev–Trinajstić information content (AvgIpc) is 2.09. The molecule has 1 fully saturated rings. The lowest BCUT2D eigenvalue weighted by atomic mass is 9.84. The van der Waals surface area contributed by atoms with Crippen molar-refractivity contribution in [3.63, 3.8) is 0 Å². The van der Waals surface area contributed by atoms with Crippen LogP contribution in [-0.4, -0.2) is 55.5 Å². The van der Waals surface area contributed by atoms with Crippen molar-refractivity contribution in [2.24, 2.45) is 5.73 Å². The second kappa shape index (κ2) is 4.37. The Kier molecular flexibility index (Phi) is 3.67. The summed E-state index contributed by atoms with van der Waals surface area (Å²) in [4.78, 5) is 2.14. The van der Waals surface area contributed by atoms with Crippen molar-refractivity contribution in [3.05, 3.63) is 0 Å². The summed E-state index contributed by atoms with van der Waals surface area (Å²) in [5.41, 5.74) is 5.18. The molecule has 2 atom stereocenters. The summed E-state index contributed by atoms with van der Waals surface area (Å²) >= 11 is 0. The van der Waals surface area contributed by atoms with Crippen molar-refractivity contribution >= 4 is 0 Å². The Bertz CT molecular complexity index is 162. The van der Waals surface area contributed by atoms with E-state index in [4.69, 9.17) is 10.5 Å². The highest BCUT2D eigenvalue weighted by atomic mass is 16.5. The van der Waals surface area contributed by atoms with Crippen LogP contribution in [0, 0.1) is 0 Å². The van der Waals surface area contributed by atoms with Gasteiger partial charge in [-0.3, -0.25) is 0 Å². The number of methoxy groups -OCH3 is 1. The molecule has 4 nitrogen and oxygen atoms in total. The van der Waals surface area contributed by atoms with Crippen LogP contribution in [0.2, 0.25) is 0 Å². The van der Waals surface area contributed by atoms with E-state index >= 15 is 0 Å². The Hall–Kier alpha value is -0.160. The van der Waals surface area contributed by atoms with Gasteiger partial charge >= 0.3 is 0 Å². The maximum Gasteiger partial charge on any atom is 0.0844 e. The number of likely N-dealkylation sites (tertiary alicyclic amines) is 1. The van der Waals surface area contributed by atoms with Crippen LogP contribution in [0.3, 0.4) is 0 Å². The molecule has 0 aliphatic carbocycles. The van der Waals surface area contributed by atoms with Gasteiger partial charge in [-0.1, -0.05) is 0 Å². The molecule has 2 unspecified atom stereocenters. The Labute approximate surface area is 79.7 Å². The van der Waals surface area contributed by atoms with Gasteiger partial charge in [-0.05, 0) is 13.5 Å². The molecular weight excluding hydrogens is 168 g/mol. The predicted octanol–water partition coefficient (Wildman–Crippen LogP) is -0.583. The van der Waals surface area contributed by atoms with Crippen LogP contribution in [-0.2, 0) is 4.74 Å². The van der Waals surface area contributed by atoms with Crippen LogP contribution in [0.5, 0.6) is 0 Å². The lowest BCUT2D eigenvalue weighted by Gasteiger charge is -2.41. The van der Waals surface area contributed by atoms with E-state index in [0.29, 0.717) is 13.0 Å². The lowest BCUT2D eigenvalue weighted by Crippen LogP contribution is -2.59. The van der Waals surface area contributed by atoms with Crippen LogP contribution in [0.1, 0.15) is 12.8 Å². The first-order valence-electron chi connectivity index (χ1n) is 4.74. The van der Waals surface area contributed by atoms with E-state index in [9.17, 15) is 5.11 Å². The van der Waals surface area contributed by atoms with Gasteiger partial charge in [-0.15, -0.1) is 0 Å². The highest BCUT2D eigenvalue weighted by Crippen LogP contribution is 2.23. The van der Waals surface area contributed by atoms with Gasteiger partial charge in [0.05, 0.1) is 5.60 Å². The van der Waals surface area contributed by atoms with Gasteiger partial charge in [-0.2, -0.15) is 0 Å². The summed E-state index contributed by atoms with van der Waals surface area (Å²) in [6.45, 7) is 2.25. The largest absolute Gasteiger partial charge is 0.388 e. The standard InChI is InChI=1S/C9H20N2O2/c1-11-5-3-9(12,4-6-13-2)8(10)7-11/h8,12H,3-7,10H2,1-2H3. The Morgan fingerprint density at radius 3 is 2.92 bits per heavy atom. The summed E-state index contributed by atoms with van der Waals surface area (Å²) in [6.07, 6.45) is 1.38. The summed E-state index contributed by atoms with van der Waals surface area (Å²) < 4.78 is 4.96. The van der Waals surface area contributed by atoms with Crippen LogP contribution >= 0.6 is 0 Å². The highest BCUT2D eigenvalue weighted by Gasteiger charge is 2.37. The first-order chi connectivity index (χ1) is 6.08. The maximum atomic E-state index is 10.2. The van der Waals surface area contributed by atoms with E-state index in [2.05, 4.69) is 4.90 Å². The topological polar surface area (TPSA) is 58.7 Å². The fourth-order valence-electron chi connectivity index (χ4n) is 1.76. The summed E-state index contributed by atoms with van der Waals surface area (Å²) in [5.74, 6) is 0. The molecule has 1 saturated heterocycles. The number of likely N-dealkylation sites (N-methyl/N-ethyl adjacent to an activating group) is 1.